The molecule has 1 amide bonds. The van der Waals surface area contributed by atoms with Crippen LogP contribution >= 0.6 is 12.4 Å². The lowest BCUT2D eigenvalue weighted by molar-refractivity contribution is -0.125. The third-order valence-electron chi connectivity index (χ3n) is 5.00. The zero-order chi connectivity index (χ0) is 19.4. The van der Waals surface area contributed by atoms with Crippen molar-refractivity contribution in [1.29, 1.82) is 0 Å². The molecule has 0 unspecified atom stereocenters. The van der Waals surface area contributed by atoms with Crippen molar-refractivity contribution >= 4 is 34.0 Å². The number of carbonyl (C=O) groups excluding carboxylic acids is 1. The second-order valence-electron chi connectivity index (χ2n) is 6.31. The fourth-order valence-corrected chi connectivity index (χ4v) is 4.42. The Kier molecular flexibility index (Phi) is 8.62. The molecule has 0 aromatic heterocycles. The first-order chi connectivity index (χ1) is 12.3. The minimum Gasteiger partial charge on any atom is -0.379 e. The number of ether oxygens (including phenoxy) is 1. The molecule has 0 spiro atoms. The molecule has 1 fully saturated rings. The van der Waals surface area contributed by atoms with Crippen LogP contribution in [0.2, 0.25) is 0 Å². The van der Waals surface area contributed by atoms with Gasteiger partial charge in [0, 0.05) is 25.3 Å². The summed E-state index contributed by atoms with van der Waals surface area (Å²) in [7, 11) is -4.00. The number of morpholine rings is 1. The Morgan fingerprint density at radius 1 is 1.30 bits per heavy atom. The van der Waals surface area contributed by atoms with Crippen molar-refractivity contribution in [2.75, 3.05) is 38.2 Å². The maximum Gasteiger partial charge on any atom is 0.246 e. The molecule has 1 aliphatic rings. The van der Waals surface area contributed by atoms with E-state index in [1.807, 2.05) is 13.8 Å². The van der Waals surface area contributed by atoms with E-state index in [4.69, 9.17) is 10.5 Å². The normalized spacial score (nSPS) is 15.9. The number of rotatable bonds is 7. The number of nitrogens with zero attached hydrogens (tertiary/aromatic N) is 1. The average Bonchev–Trinajstić information content (AvgIpc) is 2.66. The van der Waals surface area contributed by atoms with Gasteiger partial charge in [0.1, 0.15) is 10.7 Å². The van der Waals surface area contributed by atoms with Gasteiger partial charge in [-0.15, -0.1) is 12.4 Å². The summed E-state index contributed by atoms with van der Waals surface area (Å²) in [6.07, 6.45) is 1.10. The number of nitrogens with one attached hydrogen (secondary N) is 1. The van der Waals surface area contributed by atoms with Crippen LogP contribution in [0.25, 0.3) is 0 Å². The lowest BCUT2D eigenvalue weighted by Crippen LogP contribution is -2.42. The molecule has 2 rings (SSSR count). The van der Waals surface area contributed by atoms with Gasteiger partial charge in [0.05, 0.1) is 18.6 Å². The van der Waals surface area contributed by atoms with E-state index in [1.54, 1.807) is 0 Å². The number of carbonyl (C=O) groups is 1. The van der Waals surface area contributed by atoms with Gasteiger partial charge in [0.25, 0.3) is 0 Å². The van der Waals surface area contributed by atoms with Crippen LogP contribution < -0.4 is 11.1 Å². The monoisotopic (exact) mass is 423 g/mol. The highest BCUT2D eigenvalue weighted by atomic mass is 35.5. The van der Waals surface area contributed by atoms with E-state index < -0.39 is 26.2 Å². The Labute approximate surface area is 165 Å². The minimum absolute atomic E-state index is 0. The molecular weight excluding hydrogens is 397 g/mol. The molecule has 0 bridgehead atoms. The van der Waals surface area contributed by atoms with Crippen molar-refractivity contribution in [3.63, 3.8) is 0 Å². The Balaban J connectivity index is 0.00000364. The Morgan fingerprint density at radius 3 is 2.41 bits per heavy atom. The molecular formula is C17H27ClFN3O4S. The fraction of sp³-hybridized carbons (Fsp3) is 0.588. The predicted octanol–water partition coefficient (Wildman–Crippen LogP) is 1.97. The van der Waals surface area contributed by atoms with E-state index in [0.29, 0.717) is 12.8 Å². The first-order valence-electron chi connectivity index (χ1n) is 8.69. The summed E-state index contributed by atoms with van der Waals surface area (Å²) >= 11 is 0. The van der Waals surface area contributed by atoms with Gasteiger partial charge in [-0.1, -0.05) is 13.8 Å². The molecule has 154 valence electrons. The number of hydrogen-bond donors (Lipinski definition) is 2. The summed E-state index contributed by atoms with van der Waals surface area (Å²) in [6.45, 7) is 4.78. The topological polar surface area (TPSA) is 102 Å². The average molecular weight is 424 g/mol. The lowest BCUT2D eigenvalue weighted by atomic mass is 9.81. The number of amides is 1. The van der Waals surface area contributed by atoms with Gasteiger partial charge < -0.3 is 15.8 Å². The van der Waals surface area contributed by atoms with Gasteiger partial charge >= 0.3 is 0 Å². The third-order valence-corrected chi connectivity index (χ3v) is 6.92. The lowest BCUT2D eigenvalue weighted by Gasteiger charge is -2.29. The van der Waals surface area contributed by atoms with Crippen LogP contribution in [-0.4, -0.2) is 51.5 Å². The fourth-order valence-electron chi connectivity index (χ4n) is 2.92. The Bertz CT molecular complexity index is 742. The zero-order valence-electron chi connectivity index (χ0n) is 15.5. The highest BCUT2D eigenvalue weighted by Gasteiger charge is 2.34. The van der Waals surface area contributed by atoms with Crippen molar-refractivity contribution in [2.45, 2.75) is 31.6 Å². The van der Waals surface area contributed by atoms with Gasteiger partial charge in [-0.2, -0.15) is 4.31 Å². The second kappa shape index (κ2) is 9.79. The van der Waals surface area contributed by atoms with Gasteiger partial charge in [-0.25, -0.2) is 12.8 Å². The molecule has 3 N–H and O–H groups in total. The number of benzene rings is 1. The molecule has 1 saturated heterocycles. The van der Waals surface area contributed by atoms with E-state index in [9.17, 15) is 17.6 Å². The van der Waals surface area contributed by atoms with E-state index in [2.05, 4.69) is 5.32 Å². The van der Waals surface area contributed by atoms with Crippen LogP contribution in [0.1, 0.15) is 26.7 Å². The molecule has 0 radical (unpaired) electrons. The Morgan fingerprint density at radius 2 is 1.89 bits per heavy atom. The summed E-state index contributed by atoms with van der Waals surface area (Å²) in [6, 6.07) is 3.55. The van der Waals surface area contributed by atoms with Crippen LogP contribution in [0.15, 0.2) is 23.1 Å². The minimum atomic E-state index is -4.00. The molecule has 0 saturated carbocycles. The molecule has 10 heteroatoms. The summed E-state index contributed by atoms with van der Waals surface area (Å²) in [5.41, 5.74) is 5.26. The van der Waals surface area contributed by atoms with Crippen molar-refractivity contribution in [3.05, 3.63) is 24.0 Å². The van der Waals surface area contributed by atoms with E-state index >= 15 is 0 Å². The number of halogens is 2. The molecule has 1 aromatic carbocycles. The van der Waals surface area contributed by atoms with Gasteiger partial charge in [-0.3, -0.25) is 4.79 Å². The van der Waals surface area contributed by atoms with Crippen LogP contribution in [-0.2, 0) is 19.6 Å². The van der Waals surface area contributed by atoms with Crippen molar-refractivity contribution < 1.29 is 22.3 Å². The van der Waals surface area contributed by atoms with Gasteiger partial charge in [0.15, 0.2) is 0 Å². The SMILES string of the molecule is CCC(CC)(CN)C(=O)Nc1ccc(F)c(S(=O)(=O)N2CCOCC2)c1.Cl. The highest BCUT2D eigenvalue weighted by molar-refractivity contribution is 7.89. The molecule has 0 atom stereocenters. The first-order valence-corrected chi connectivity index (χ1v) is 10.1. The van der Waals surface area contributed by atoms with Crippen LogP contribution in [0.5, 0.6) is 0 Å². The largest absolute Gasteiger partial charge is 0.379 e. The van der Waals surface area contributed by atoms with Crippen molar-refractivity contribution in [1.82, 2.24) is 4.31 Å². The van der Waals surface area contributed by atoms with Gasteiger partial charge in [0.2, 0.25) is 15.9 Å². The number of nitrogens with two attached hydrogens (primary N) is 1. The standard InChI is InChI=1S/C17H26FN3O4S.ClH/c1-3-17(4-2,12-19)16(22)20-13-5-6-14(18)15(11-13)26(23,24)21-7-9-25-10-8-21;/h5-6,11H,3-4,7-10,12,19H2,1-2H3,(H,20,22);1H. The summed E-state index contributed by atoms with van der Waals surface area (Å²) in [5.74, 6) is -1.16. The highest BCUT2D eigenvalue weighted by Crippen LogP contribution is 2.29. The van der Waals surface area contributed by atoms with Gasteiger partial charge in [-0.05, 0) is 31.0 Å². The summed E-state index contributed by atoms with van der Waals surface area (Å²) in [5, 5.41) is 2.68. The van der Waals surface area contributed by atoms with Crippen LogP contribution in [0, 0.1) is 11.2 Å². The molecule has 0 aliphatic carbocycles. The third kappa shape index (κ3) is 4.97. The quantitative estimate of drug-likeness (QED) is 0.698. The molecule has 7 nitrogen and oxygen atoms in total. The van der Waals surface area contributed by atoms with Crippen molar-refractivity contribution in [2.24, 2.45) is 11.1 Å². The molecule has 1 heterocycles. The molecule has 1 aromatic rings. The maximum atomic E-state index is 14.2. The number of anilines is 1. The predicted molar refractivity (Wildman–Crippen MR) is 104 cm³/mol. The first kappa shape index (κ1) is 23.8. The number of hydrogen-bond acceptors (Lipinski definition) is 5. The number of sulfonamides is 1. The second-order valence-corrected chi connectivity index (χ2v) is 8.21. The van der Waals surface area contributed by atoms with E-state index in [0.717, 1.165) is 12.1 Å². The Hall–Kier alpha value is -1.26. The van der Waals surface area contributed by atoms with Crippen LogP contribution in [0.4, 0.5) is 10.1 Å². The summed E-state index contributed by atoms with van der Waals surface area (Å²) < 4.78 is 46.0. The van der Waals surface area contributed by atoms with Crippen molar-refractivity contribution in [3.8, 4) is 0 Å². The molecule has 1 aliphatic heterocycles. The van der Waals surface area contributed by atoms with E-state index in [-0.39, 0.29) is 56.8 Å². The zero-order valence-corrected chi connectivity index (χ0v) is 17.2. The maximum absolute atomic E-state index is 14.2. The van der Waals surface area contributed by atoms with E-state index in [1.165, 1.54) is 10.4 Å². The van der Waals surface area contributed by atoms with Crippen LogP contribution in [0.3, 0.4) is 0 Å². The summed E-state index contributed by atoms with van der Waals surface area (Å²) in [4.78, 5) is 12.2. The smallest absolute Gasteiger partial charge is 0.246 e. The molecule has 27 heavy (non-hydrogen) atoms.